The van der Waals surface area contributed by atoms with Gasteiger partial charge in [-0.3, -0.25) is 0 Å². The molecule has 2 rings (SSSR count). The molecule has 0 heterocycles. The third-order valence-electron chi connectivity index (χ3n) is 5.89. The maximum atomic E-state index is 14.6. The number of hydrogen-bond donors (Lipinski definition) is 0. The van der Waals surface area contributed by atoms with Crippen LogP contribution in [0, 0.1) is 11.8 Å². The van der Waals surface area contributed by atoms with Crippen LogP contribution in [0.2, 0.25) is 0 Å². The molecule has 0 aromatic rings. The first-order chi connectivity index (χ1) is 12.0. The fourth-order valence-electron chi connectivity index (χ4n) is 4.32. The molecule has 8 atom stereocenters. The summed E-state index contributed by atoms with van der Waals surface area (Å²) in [5, 5.41) is 0. The zero-order valence-electron chi connectivity index (χ0n) is 15.3. The van der Waals surface area contributed by atoms with Crippen LogP contribution in [0.25, 0.3) is 0 Å². The van der Waals surface area contributed by atoms with Crippen molar-refractivity contribution in [3.63, 3.8) is 0 Å². The fraction of sp³-hybridized carbons (Fsp3) is 1.00. The van der Waals surface area contributed by atoms with Gasteiger partial charge in [-0.05, 0) is 43.9 Å². The lowest BCUT2D eigenvalue weighted by atomic mass is 9.69. The topological polar surface area (TPSA) is 18.5 Å². The van der Waals surface area contributed by atoms with Crippen LogP contribution >= 0.6 is 0 Å². The highest BCUT2D eigenvalue weighted by atomic mass is 19.2. The molecule has 8 unspecified atom stereocenters. The van der Waals surface area contributed by atoms with Gasteiger partial charge in [0.05, 0.1) is 12.2 Å². The highest BCUT2D eigenvalue weighted by Crippen LogP contribution is 2.44. The van der Waals surface area contributed by atoms with Crippen molar-refractivity contribution in [3.8, 4) is 0 Å². The molecule has 25 heavy (non-hydrogen) atoms. The van der Waals surface area contributed by atoms with Crippen LogP contribution in [-0.4, -0.2) is 50.6 Å². The van der Waals surface area contributed by atoms with Crippen molar-refractivity contribution < 1.29 is 27.0 Å². The van der Waals surface area contributed by atoms with Gasteiger partial charge in [-0.2, -0.15) is 0 Å². The minimum absolute atomic E-state index is 0.334. The number of methoxy groups -OCH3 is 1. The lowest BCUT2D eigenvalue weighted by molar-refractivity contribution is -0.116. The van der Waals surface area contributed by atoms with Gasteiger partial charge in [-0.25, -0.2) is 17.6 Å². The number of rotatable bonds is 8. The van der Waals surface area contributed by atoms with Gasteiger partial charge in [0.2, 0.25) is 0 Å². The minimum Gasteiger partial charge on any atom is -0.378 e. The lowest BCUT2D eigenvalue weighted by Crippen LogP contribution is -2.51. The molecule has 2 aliphatic carbocycles. The van der Waals surface area contributed by atoms with Crippen molar-refractivity contribution in [2.75, 3.05) is 13.7 Å². The quantitative estimate of drug-likeness (QED) is 0.436. The fourth-order valence-corrected chi connectivity index (χ4v) is 4.32. The van der Waals surface area contributed by atoms with Gasteiger partial charge in [-0.15, -0.1) is 0 Å². The number of ether oxygens (including phenoxy) is 2. The normalized spacial score (nSPS) is 42.5. The molecule has 0 bridgehead atoms. The molecule has 0 radical (unpaired) electrons. The Hall–Kier alpha value is -0.360. The lowest BCUT2D eigenvalue weighted by Gasteiger charge is -2.43. The Balaban J connectivity index is 1.85. The van der Waals surface area contributed by atoms with E-state index in [9.17, 15) is 17.6 Å². The first-order valence-corrected chi connectivity index (χ1v) is 9.71. The average Bonchev–Trinajstić information content (AvgIpc) is 2.61. The molecule has 2 nitrogen and oxygen atoms in total. The summed E-state index contributed by atoms with van der Waals surface area (Å²) >= 11 is 0. The summed E-state index contributed by atoms with van der Waals surface area (Å²) in [6, 6.07) is 0. The molecular weight excluding hydrogens is 336 g/mol. The number of alkyl halides is 4. The van der Waals surface area contributed by atoms with Crippen molar-refractivity contribution in [3.05, 3.63) is 0 Å². The van der Waals surface area contributed by atoms with Gasteiger partial charge < -0.3 is 9.47 Å². The molecule has 0 aromatic heterocycles. The van der Waals surface area contributed by atoms with Gasteiger partial charge in [0.25, 0.3) is 0 Å². The highest BCUT2D eigenvalue weighted by Gasteiger charge is 2.50. The largest absolute Gasteiger partial charge is 0.378 e. The third kappa shape index (κ3) is 5.09. The van der Waals surface area contributed by atoms with Crippen LogP contribution in [0.5, 0.6) is 0 Å². The van der Waals surface area contributed by atoms with E-state index in [2.05, 4.69) is 6.92 Å². The number of halogens is 4. The van der Waals surface area contributed by atoms with Gasteiger partial charge in [0.1, 0.15) is 12.3 Å². The standard InChI is InChI=1S/C19H32F4O2/c1-3-4-5-6-11-25-15-10-8-13(17(21)19(15)23)12-7-9-14(24-2)18(22)16(12)20/h12-19H,3-11H2,1-2H3. The summed E-state index contributed by atoms with van der Waals surface area (Å²) < 4.78 is 68.0. The molecule has 6 heteroatoms. The molecule has 2 fully saturated rings. The zero-order valence-corrected chi connectivity index (χ0v) is 15.3. The van der Waals surface area contributed by atoms with Crippen LogP contribution in [0.15, 0.2) is 0 Å². The maximum absolute atomic E-state index is 14.6. The maximum Gasteiger partial charge on any atom is 0.157 e. The van der Waals surface area contributed by atoms with E-state index < -0.39 is 48.7 Å². The number of hydrogen-bond acceptors (Lipinski definition) is 2. The van der Waals surface area contributed by atoms with Crippen molar-refractivity contribution in [2.24, 2.45) is 11.8 Å². The molecule has 0 amide bonds. The molecule has 0 aliphatic heterocycles. The second kappa shape index (κ2) is 10.1. The van der Waals surface area contributed by atoms with E-state index in [1.54, 1.807) is 0 Å². The Kier molecular flexibility index (Phi) is 8.46. The molecule has 2 aliphatic rings. The molecule has 0 N–H and O–H groups in total. The van der Waals surface area contributed by atoms with Gasteiger partial charge in [-0.1, -0.05) is 26.2 Å². The Bertz CT molecular complexity index is 384. The predicted molar refractivity (Wildman–Crippen MR) is 89.7 cm³/mol. The zero-order chi connectivity index (χ0) is 18.4. The molecular formula is C19H32F4O2. The van der Waals surface area contributed by atoms with E-state index in [1.807, 2.05) is 0 Å². The van der Waals surface area contributed by atoms with E-state index in [0.717, 1.165) is 25.7 Å². The van der Waals surface area contributed by atoms with Crippen LogP contribution < -0.4 is 0 Å². The number of unbranched alkanes of at least 4 members (excludes halogenated alkanes) is 3. The van der Waals surface area contributed by atoms with Gasteiger partial charge in [0.15, 0.2) is 12.3 Å². The summed E-state index contributed by atoms with van der Waals surface area (Å²) in [6.07, 6.45) is -3.18. The second-order valence-electron chi connectivity index (χ2n) is 7.50. The van der Waals surface area contributed by atoms with E-state index in [-0.39, 0.29) is 0 Å². The summed E-state index contributed by atoms with van der Waals surface area (Å²) in [4.78, 5) is 0. The van der Waals surface area contributed by atoms with E-state index >= 15 is 0 Å². The first kappa shape index (κ1) is 20.9. The Morgan fingerprint density at radius 2 is 1.28 bits per heavy atom. The van der Waals surface area contributed by atoms with Gasteiger partial charge in [0, 0.05) is 13.7 Å². The molecule has 0 saturated heterocycles. The SMILES string of the molecule is CCCCCCOC1CCC(C2CCC(OC)C(F)C2F)C(F)C1F. The minimum atomic E-state index is -1.79. The predicted octanol–water partition coefficient (Wildman–Crippen LogP) is 5.14. The van der Waals surface area contributed by atoms with Crippen molar-refractivity contribution in [2.45, 2.75) is 95.2 Å². The van der Waals surface area contributed by atoms with Crippen molar-refractivity contribution >= 4 is 0 Å². The molecule has 2 saturated carbocycles. The van der Waals surface area contributed by atoms with E-state index in [0.29, 0.717) is 32.3 Å². The summed E-state index contributed by atoms with van der Waals surface area (Å²) in [7, 11) is 1.35. The van der Waals surface area contributed by atoms with Crippen LogP contribution in [0.3, 0.4) is 0 Å². The molecule has 148 valence electrons. The monoisotopic (exact) mass is 368 g/mol. The Labute approximate surface area is 148 Å². The Morgan fingerprint density at radius 3 is 1.84 bits per heavy atom. The summed E-state index contributed by atoms with van der Waals surface area (Å²) in [5.74, 6) is -1.55. The second-order valence-corrected chi connectivity index (χ2v) is 7.50. The summed E-state index contributed by atoms with van der Waals surface area (Å²) in [6.45, 7) is 2.54. The Morgan fingerprint density at radius 1 is 0.720 bits per heavy atom. The highest BCUT2D eigenvalue weighted by molar-refractivity contribution is 4.98. The van der Waals surface area contributed by atoms with Crippen LogP contribution in [0.4, 0.5) is 17.6 Å². The van der Waals surface area contributed by atoms with Gasteiger partial charge >= 0.3 is 0 Å². The van der Waals surface area contributed by atoms with Crippen LogP contribution in [0.1, 0.15) is 58.3 Å². The molecule has 0 spiro atoms. The third-order valence-corrected chi connectivity index (χ3v) is 5.89. The smallest absolute Gasteiger partial charge is 0.157 e. The van der Waals surface area contributed by atoms with Crippen molar-refractivity contribution in [1.82, 2.24) is 0 Å². The first-order valence-electron chi connectivity index (χ1n) is 9.71. The average molecular weight is 368 g/mol. The van der Waals surface area contributed by atoms with Crippen molar-refractivity contribution in [1.29, 1.82) is 0 Å². The van der Waals surface area contributed by atoms with E-state index in [4.69, 9.17) is 9.47 Å². The summed E-state index contributed by atoms with van der Waals surface area (Å²) in [5.41, 5.74) is 0. The molecule has 0 aromatic carbocycles. The van der Waals surface area contributed by atoms with E-state index in [1.165, 1.54) is 7.11 Å². The van der Waals surface area contributed by atoms with Crippen LogP contribution in [-0.2, 0) is 9.47 Å².